The van der Waals surface area contributed by atoms with Gasteiger partial charge >= 0.3 is 0 Å². The Morgan fingerprint density at radius 2 is 1.75 bits per heavy atom. The van der Waals surface area contributed by atoms with Crippen LogP contribution in [0.5, 0.6) is 0 Å². The van der Waals surface area contributed by atoms with Crippen LogP contribution in [0.2, 0.25) is 5.02 Å². The van der Waals surface area contributed by atoms with Crippen molar-refractivity contribution in [3.8, 4) is 6.07 Å². The minimum atomic E-state index is -0.274. The van der Waals surface area contributed by atoms with Crippen LogP contribution in [0.1, 0.15) is 18.1 Å². The van der Waals surface area contributed by atoms with E-state index >= 15 is 0 Å². The highest BCUT2D eigenvalue weighted by atomic mass is 35.5. The molecule has 0 heterocycles. The smallest absolute Gasteiger partial charge is 0.240 e. The summed E-state index contributed by atoms with van der Waals surface area (Å²) in [5, 5.41) is 12.2. The third kappa shape index (κ3) is 4.83. The molecule has 0 saturated heterocycles. The van der Waals surface area contributed by atoms with E-state index in [0.29, 0.717) is 22.8 Å². The van der Waals surface area contributed by atoms with Gasteiger partial charge < -0.3 is 10.2 Å². The van der Waals surface area contributed by atoms with Gasteiger partial charge in [-0.3, -0.25) is 9.59 Å². The molecule has 0 aliphatic heterocycles. The average Bonchev–Trinajstić information content (AvgIpc) is 2.59. The number of rotatable bonds is 5. The van der Waals surface area contributed by atoms with Gasteiger partial charge in [-0.2, -0.15) is 5.26 Å². The molecule has 0 saturated carbocycles. The predicted molar refractivity (Wildman–Crippen MR) is 92.5 cm³/mol. The summed E-state index contributed by atoms with van der Waals surface area (Å²) < 4.78 is 0. The zero-order chi connectivity index (χ0) is 17.5. The Balaban J connectivity index is 1.99. The minimum absolute atomic E-state index is 0.0885. The average molecular weight is 342 g/mol. The quantitative estimate of drug-likeness (QED) is 0.908. The normalized spacial score (nSPS) is 9.88. The molecular weight excluding hydrogens is 326 g/mol. The van der Waals surface area contributed by atoms with Crippen LogP contribution in [-0.2, 0) is 16.1 Å². The maximum Gasteiger partial charge on any atom is 0.240 e. The van der Waals surface area contributed by atoms with Gasteiger partial charge in [-0.25, -0.2) is 0 Å². The third-order valence-corrected chi connectivity index (χ3v) is 3.64. The van der Waals surface area contributed by atoms with E-state index in [4.69, 9.17) is 16.9 Å². The van der Waals surface area contributed by atoms with Gasteiger partial charge in [0.15, 0.2) is 0 Å². The van der Waals surface area contributed by atoms with E-state index in [-0.39, 0.29) is 18.4 Å². The SMILES string of the molecule is CC(=O)N(CC(=O)NCc1ccc(Cl)cc1)c1ccc(C#N)cc1. The number of hydrogen-bond donors (Lipinski definition) is 1. The van der Waals surface area contributed by atoms with Crippen LogP contribution in [0.3, 0.4) is 0 Å². The number of nitrogens with zero attached hydrogens (tertiary/aromatic N) is 2. The summed E-state index contributed by atoms with van der Waals surface area (Å²) in [6.45, 7) is 1.66. The van der Waals surface area contributed by atoms with Crippen molar-refractivity contribution in [3.05, 3.63) is 64.7 Å². The number of anilines is 1. The van der Waals surface area contributed by atoms with E-state index in [1.165, 1.54) is 11.8 Å². The Hall–Kier alpha value is -2.84. The molecule has 0 bridgehead atoms. The highest BCUT2D eigenvalue weighted by molar-refractivity contribution is 6.30. The summed E-state index contributed by atoms with van der Waals surface area (Å²) in [6, 6.07) is 15.7. The molecule has 0 unspecified atom stereocenters. The van der Waals surface area contributed by atoms with Crippen LogP contribution in [0.15, 0.2) is 48.5 Å². The molecule has 0 spiro atoms. The van der Waals surface area contributed by atoms with E-state index in [0.717, 1.165) is 5.56 Å². The van der Waals surface area contributed by atoms with Crippen LogP contribution >= 0.6 is 11.6 Å². The molecule has 6 heteroatoms. The first-order valence-electron chi connectivity index (χ1n) is 7.29. The molecule has 122 valence electrons. The molecule has 24 heavy (non-hydrogen) atoms. The van der Waals surface area contributed by atoms with Gasteiger partial charge in [0.05, 0.1) is 11.6 Å². The lowest BCUT2D eigenvalue weighted by atomic mass is 10.2. The number of carbonyl (C=O) groups is 2. The number of nitriles is 1. The maximum atomic E-state index is 12.1. The molecule has 0 aromatic heterocycles. The largest absolute Gasteiger partial charge is 0.350 e. The summed E-state index contributed by atoms with van der Waals surface area (Å²) in [4.78, 5) is 25.3. The van der Waals surface area contributed by atoms with Gasteiger partial charge in [-0.15, -0.1) is 0 Å². The molecule has 1 N–H and O–H groups in total. The first-order valence-corrected chi connectivity index (χ1v) is 7.67. The molecule has 2 amide bonds. The fraction of sp³-hybridized carbons (Fsp3) is 0.167. The van der Waals surface area contributed by atoms with Crippen molar-refractivity contribution in [2.24, 2.45) is 0 Å². The van der Waals surface area contributed by atoms with Crippen molar-refractivity contribution >= 4 is 29.1 Å². The van der Waals surface area contributed by atoms with Crippen LogP contribution < -0.4 is 10.2 Å². The summed E-state index contributed by atoms with van der Waals surface area (Å²) >= 11 is 5.82. The van der Waals surface area contributed by atoms with Crippen molar-refractivity contribution in [2.75, 3.05) is 11.4 Å². The van der Waals surface area contributed by atoms with Crippen molar-refractivity contribution < 1.29 is 9.59 Å². The van der Waals surface area contributed by atoms with Gasteiger partial charge in [0.25, 0.3) is 0 Å². The number of halogens is 1. The lowest BCUT2D eigenvalue weighted by molar-refractivity contribution is -0.123. The van der Waals surface area contributed by atoms with Crippen molar-refractivity contribution in [3.63, 3.8) is 0 Å². The summed E-state index contributed by atoms with van der Waals surface area (Å²) in [5.41, 5.74) is 1.98. The lowest BCUT2D eigenvalue weighted by Gasteiger charge is -2.20. The molecule has 0 fully saturated rings. The Labute approximate surface area is 145 Å². The number of hydrogen-bond acceptors (Lipinski definition) is 3. The molecule has 0 radical (unpaired) electrons. The fourth-order valence-corrected chi connectivity index (χ4v) is 2.23. The molecule has 0 aliphatic carbocycles. The van der Waals surface area contributed by atoms with Crippen molar-refractivity contribution in [2.45, 2.75) is 13.5 Å². The second kappa shape index (κ2) is 8.14. The number of benzene rings is 2. The van der Waals surface area contributed by atoms with E-state index in [2.05, 4.69) is 5.32 Å². The van der Waals surface area contributed by atoms with Crippen molar-refractivity contribution in [1.29, 1.82) is 5.26 Å². The Kier molecular flexibility index (Phi) is 5.94. The monoisotopic (exact) mass is 341 g/mol. The minimum Gasteiger partial charge on any atom is -0.350 e. The van der Waals surface area contributed by atoms with Gasteiger partial charge in [-0.1, -0.05) is 23.7 Å². The number of carbonyl (C=O) groups excluding carboxylic acids is 2. The van der Waals surface area contributed by atoms with Gasteiger partial charge in [0.1, 0.15) is 6.54 Å². The second-order valence-electron chi connectivity index (χ2n) is 5.17. The van der Waals surface area contributed by atoms with Gasteiger partial charge in [0, 0.05) is 24.2 Å². The Bertz CT molecular complexity index is 764. The van der Waals surface area contributed by atoms with Crippen LogP contribution in [0.25, 0.3) is 0 Å². The second-order valence-corrected chi connectivity index (χ2v) is 5.60. The van der Waals surface area contributed by atoms with Gasteiger partial charge in [-0.05, 0) is 42.0 Å². The zero-order valence-corrected chi connectivity index (χ0v) is 13.9. The molecule has 2 aromatic carbocycles. The zero-order valence-electron chi connectivity index (χ0n) is 13.1. The topological polar surface area (TPSA) is 73.2 Å². The highest BCUT2D eigenvalue weighted by Crippen LogP contribution is 2.15. The first-order chi connectivity index (χ1) is 11.5. The molecule has 0 aliphatic rings. The molecule has 2 rings (SSSR count). The number of amides is 2. The molecule has 0 atom stereocenters. The lowest BCUT2D eigenvalue weighted by Crippen LogP contribution is -2.39. The molecular formula is C18H16ClN3O2. The van der Waals surface area contributed by atoms with E-state index in [9.17, 15) is 9.59 Å². The summed E-state index contributed by atoms with van der Waals surface area (Å²) in [7, 11) is 0. The standard InChI is InChI=1S/C18H16ClN3O2/c1-13(23)22(17-8-4-14(10-20)5-9-17)12-18(24)21-11-15-2-6-16(19)7-3-15/h2-9H,11-12H2,1H3,(H,21,24). The van der Waals surface area contributed by atoms with Crippen molar-refractivity contribution in [1.82, 2.24) is 5.32 Å². The predicted octanol–water partition coefficient (Wildman–Crippen LogP) is 2.88. The molecule has 5 nitrogen and oxygen atoms in total. The van der Waals surface area contributed by atoms with Crippen LogP contribution in [0.4, 0.5) is 5.69 Å². The van der Waals surface area contributed by atoms with E-state index in [1.807, 2.05) is 18.2 Å². The molecule has 2 aromatic rings. The Morgan fingerprint density at radius 1 is 1.12 bits per heavy atom. The third-order valence-electron chi connectivity index (χ3n) is 3.39. The summed E-state index contributed by atoms with van der Waals surface area (Å²) in [5.74, 6) is -0.522. The van der Waals surface area contributed by atoms with Crippen LogP contribution in [0, 0.1) is 11.3 Å². The van der Waals surface area contributed by atoms with Crippen LogP contribution in [-0.4, -0.2) is 18.4 Å². The maximum absolute atomic E-state index is 12.1. The van der Waals surface area contributed by atoms with Gasteiger partial charge in [0.2, 0.25) is 11.8 Å². The van der Waals surface area contributed by atoms with E-state index < -0.39 is 0 Å². The van der Waals surface area contributed by atoms with E-state index in [1.54, 1.807) is 36.4 Å². The Morgan fingerprint density at radius 3 is 2.29 bits per heavy atom. The summed E-state index contributed by atoms with van der Waals surface area (Å²) in [6.07, 6.45) is 0. The number of nitrogens with one attached hydrogen (secondary N) is 1. The first kappa shape index (κ1) is 17.5. The fourth-order valence-electron chi connectivity index (χ4n) is 2.10. The highest BCUT2D eigenvalue weighted by Gasteiger charge is 2.15.